The molecule has 2 aromatic rings. The van der Waals surface area contributed by atoms with Gasteiger partial charge in [0.15, 0.2) is 0 Å². The van der Waals surface area contributed by atoms with Gasteiger partial charge in [-0.05, 0) is 36.6 Å². The predicted octanol–water partition coefficient (Wildman–Crippen LogP) is 4.34. The zero-order valence-corrected chi connectivity index (χ0v) is 15.6. The van der Waals surface area contributed by atoms with Gasteiger partial charge in [0.25, 0.3) is 0 Å². The molecule has 1 heterocycles. The fraction of sp³-hybridized carbons (Fsp3) is 0.350. The molecule has 1 fully saturated rings. The molecule has 0 bridgehead atoms. The number of carbonyl (C=O) groups is 1. The molecule has 0 saturated carbocycles. The standard InChI is InChI=1S/C20H22ClNO2S/c21-18-9-5-4-6-16(18)14-19(23)22-15-20(10-12-24-13-11-20)25-17-7-2-1-3-8-17/h1-9H,10-15H2,(H,22,23). The highest BCUT2D eigenvalue weighted by Gasteiger charge is 2.34. The molecule has 0 unspecified atom stereocenters. The maximum absolute atomic E-state index is 12.4. The van der Waals surface area contributed by atoms with Crippen molar-refractivity contribution in [2.45, 2.75) is 28.9 Å². The van der Waals surface area contributed by atoms with Crippen LogP contribution in [0.1, 0.15) is 18.4 Å². The Morgan fingerprint density at radius 3 is 2.48 bits per heavy atom. The molecular formula is C20H22ClNO2S. The molecule has 5 heteroatoms. The first-order valence-corrected chi connectivity index (χ1v) is 9.68. The number of halogens is 1. The van der Waals surface area contributed by atoms with E-state index in [1.807, 2.05) is 54.2 Å². The Hall–Kier alpha value is -1.49. The Bertz CT molecular complexity index is 702. The van der Waals surface area contributed by atoms with E-state index in [1.54, 1.807) is 0 Å². The van der Waals surface area contributed by atoms with Crippen LogP contribution in [0.15, 0.2) is 59.5 Å². The van der Waals surface area contributed by atoms with Gasteiger partial charge in [-0.2, -0.15) is 0 Å². The van der Waals surface area contributed by atoms with E-state index in [0.29, 0.717) is 18.0 Å². The van der Waals surface area contributed by atoms with Gasteiger partial charge in [0.1, 0.15) is 0 Å². The number of hydrogen-bond acceptors (Lipinski definition) is 3. The fourth-order valence-corrected chi connectivity index (χ4v) is 4.44. The van der Waals surface area contributed by atoms with Crippen molar-refractivity contribution in [2.75, 3.05) is 19.8 Å². The van der Waals surface area contributed by atoms with Crippen molar-refractivity contribution in [3.63, 3.8) is 0 Å². The second-order valence-corrected chi connectivity index (χ2v) is 8.20. The number of thioether (sulfide) groups is 1. The monoisotopic (exact) mass is 375 g/mol. The van der Waals surface area contributed by atoms with Gasteiger partial charge in [-0.25, -0.2) is 0 Å². The molecule has 2 aromatic carbocycles. The number of nitrogens with one attached hydrogen (secondary N) is 1. The molecule has 1 aliphatic heterocycles. The summed E-state index contributed by atoms with van der Waals surface area (Å²) in [5.41, 5.74) is 0.860. The van der Waals surface area contributed by atoms with Crippen LogP contribution in [-0.2, 0) is 16.0 Å². The van der Waals surface area contributed by atoms with Crippen LogP contribution in [0.3, 0.4) is 0 Å². The first-order valence-electron chi connectivity index (χ1n) is 8.49. The van der Waals surface area contributed by atoms with Gasteiger partial charge in [0.05, 0.1) is 6.42 Å². The normalized spacial score (nSPS) is 16.4. The molecule has 0 aromatic heterocycles. The summed E-state index contributed by atoms with van der Waals surface area (Å²) in [5, 5.41) is 3.75. The third-order valence-corrected chi connectivity index (χ3v) is 6.26. The smallest absolute Gasteiger partial charge is 0.224 e. The molecule has 0 radical (unpaired) electrons. The molecule has 0 atom stereocenters. The van der Waals surface area contributed by atoms with Crippen LogP contribution in [0, 0.1) is 0 Å². The predicted molar refractivity (Wildman–Crippen MR) is 103 cm³/mol. The van der Waals surface area contributed by atoms with Crippen LogP contribution >= 0.6 is 23.4 Å². The van der Waals surface area contributed by atoms with Gasteiger partial charge in [0, 0.05) is 34.4 Å². The van der Waals surface area contributed by atoms with Crippen molar-refractivity contribution in [2.24, 2.45) is 0 Å². The Morgan fingerprint density at radius 2 is 1.76 bits per heavy atom. The minimum absolute atomic E-state index is 0.00706. The van der Waals surface area contributed by atoms with E-state index < -0.39 is 0 Å². The van der Waals surface area contributed by atoms with Crippen LogP contribution < -0.4 is 5.32 Å². The lowest BCUT2D eigenvalue weighted by Gasteiger charge is -2.36. The van der Waals surface area contributed by atoms with Crippen LogP contribution in [0.5, 0.6) is 0 Å². The zero-order valence-electron chi connectivity index (χ0n) is 14.0. The molecule has 1 saturated heterocycles. The maximum atomic E-state index is 12.4. The van der Waals surface area contributed by atoms with Crippen molar-refractivity contribution in [1.82, 2.24) is 5.32 Å². The molecule has 132 valence electrons. The van der Waals surface area contributed by atoms with Gasteiger partial charge >= 0.3 is 0 Å². The van der Waals surface area contributed by atoms with Crippen molar-refractivity contribution in [3.05, 3.63) is 65.2 Å². The van der Waals surface area contributed by atoms with Gasteiger partial charge in [0.2, 0.25) is 5.91 Å². The van der Waals surface area contributed by atoms with E-state index in [0.717, 1.165) is 31.6 Å². The molecule has 3 nitrogen and oxygen atoms in total. The van der Waals surface area contributed by atoms with Gasteiger partial charge in [-0.3, -0.25) is 4.79 Å². The molecule has 3 rings (SSSR count). The Morgan fingerprint density at radius 1 is 1.08 bits per heavy atom. The number of benzene rings is 2. The van der Waals surface area contributed by atoms with Crippen molar-refractivity contribution < 1.29 is 9.53 Å². The highest BCUT2D eigenvalue weighted by atomic mass is 35.5. The fourth-order valence-electron chi connectivity index (χ4n) is 2.93. The minimum atomic E-state index is -0.0181. The molecule has 0 spiro atoms. The lowest BCUT2D eigenvalue weighted by atomic mass is 9.99. The topological polar surface area (TPSA) is 38.3 Å². The van der Waals surface area contributed by atoms with E-state index in [-0.39, 0.29) is 10.7 Å². The number of rotatable bonds is 6. The lowest BCUT2D eigenvalue weighted by Crippen LogP contribution is -2.44. The highest BCUT2D eigenvalue weighted by Crippen LogP contribution is 2.40. The number of hydrogen-bond donors (Lipinski definition) is 1. The first kappa shape index (κ1) is 18.3. The summed E-state index contributed by atoms with van der Waals surface area (Å²) >= 11 is 7.99. The van der Waals surface area contributed by atoms with E-state index in [9.17, 15) is 4.79 Å². The van der Waals surface area contributed by atoms with E-state index >= 15 is 0 Å². The average Bonchev–Trinajstić information content (AvgIpc) is 2.64. The second-order valence-electron chi connectivity index (χ2n) is 6.26. The summed E-state index contributed by atoms with van der Waals surface area (Å²) in [5.74, 6) is 0.00706. The van der Waals surface area contributed by atoms with Gasteiger partial charge < -0.3 is 10.1 Å². The first-order chi connectivity index (χ1) is 12.2. The quantitative estimate of drug-likeness (QED) is 0.816. The third kappa shape index (κ3) is 5.24. The van der Waals surface area contributed by atoms with Crippen molar-refractivity contribution in [1.29, 1.82) is 0 Å². The number of ether oxygens (including phenoxy) is 1. The van der Waals surface area contributed by atoms with Gasteiger partial charge in [-0.1, -0.05) is 48.0 Å². The molecule has 1 amide bonds. The van der Waals surface area contributed by atoms with Crippen LogP contribution in [0.4, 0.5) is 0 Å². The van der Waals surface area contributed by atoms with Crippen molar-refractivity contribution >= 4 is 29.3 Å². The molecular weight excluding hydrogens is 354 g/mol. The van der Waals surface area contributed by atoms with E-state index in [2.05, 4.69) is 17.4 Å². The van der Waals surface area contributed by atoms with Crippen LogP contribution in [0.2, 0.25) is 5.02 Å². The minimum Gasteiger partial charge on any atom is -0.381 e. The molecule has 25 heavy (non-hydrogen) atoms. The van der Waals surface area contributed by atoms with Crippen molar-refractivity contribution in [3.8, 4) is 0 Å². The third-order valence-electron chi connectivity index (χ3n) is 4.40. The Labute approximate surface area is 158 Å². The largest absolute Gasteiger partial charge is 0.381 e. The second kappa shape index (κ2) is 8.75. The zero-order chi connectivity index (χ0) is 17.5. The summed E-state index contributed by atoms with van der Waals surface area (Å²) in [6.07, 6.45) is 2.17. The van der Waals surface area contributed by atoms with E-state index in [4.69, 9.17) is 16.3 Å². The Balaban J connectivity index is 1.62. The van der Waals surface area contributed by atoms with Crippen LogP contribution in [-0.4, -0.2) is 30.4 Å². The highest BCUT2D eigenvalue weighted by molar-refractivity contribution is 8.00. The Kier molecular flexibility index (Phi) is 6.40. The number of amides is 1. The number of carbonyl (C=O) groups excluding carboxylic acids is 1. The maximum Gasteiger partial charge on any atom is 0.224 e. The molecule has 1 N–H and O–H groups in total. The summed E-state index contributed by atoms with van der Waals surface area (Å²) in [6.45, 7) is 2.11. The summed E-state index contributed by atoms with van der Waals surface area (Å²) < 4.78 is 5.52. The van der Waals surface area contributed by atoms with Gasteiger partial charge in [-0.15, -0.1) is 11.8 Å². The summed E-state index contributed by atoms with van der Waals surface area (Å²) in [6, 6.07) is 17.8. The van der Waals surface area contributed by atoms with Crippen LogP contribution in [0.25, 0.3) is 0 Å². The average molecular weight is 376 g/mol. The molecule has 0 aliphatic carbocycles. The van der Waals surface area contributed by atoms with E-state index in [1.165, 1.54) is 4.90 Å². The summed E-state index contributed by atoms with van der Waals surface area (Å²) in [7, 11) is 0. The lowest BCUT2D eigenvalue weighted by molar-refractivity contribution is -0.120. The SMILES string of the molecule is O=C(Cc1ccccc1Cl)NCC1(Sc2ccccc2)CCOCC1. The molecule has 1 aliphatic rings. The summed E-state index contributed by atoms with van der Waals surface area (Å²) in [4.78, 5) is 13.6.